The van der Waals surface area contributed by atoms with Crippen LogP contribution in [-0.2, 0) is 4.79 Å². The molecule has 0 aliphatic carbocycles. The van der Waals surface area contributed by atoms with Crippen LogP contribution < -0.4 is 10.9 Å². The molecule has 6 heteroatoms. The maximum absolute atomic E-state index is 13.0. The van der Waals surface area contributed by atoms with Gasteiger partial charge in [-0.1, -0.05) is 28.1 Å². The van der Waals surface area contributed by atoms with Gasteiger partial charge in [-0.25, -0.2) is 4.39 Å². The molecule has 112 valence electrons. The second-order valence-electron chi connectivity index (χ2n) is 4.34. The molecule has 2 aromatic carbocycles. The van der Waals surface area contributed by atoms with E-state index in [-0.39, 0.29) is 5.82 Å². The SMILES string of the molecule is O=C(/C=C/c1cccc(F)c1)NNC(=O)c1ccc(Br)cc1. The van der Waals surface area contributed by atoms with E-state index in [9.17, 15) is 14.0 Å². The van der Waals surface area contributed by atoms with Crippen LogP contribution in [0.25, 0.3) is 6.08 Å². The fourth-order valence-electron chi connectivity index (χ4n) is 1.62. The Labute approximate surface area is 135 Å². The molecular weight excluding hydrogens is 351 g/mol. The quantitative estimate of drug-likeness (QED) is 0.651. The first-order valence-corrected chi connectivity index (χ1v) is 7.13. The standard InChI is InChI=1S/C16H12BrFN2O2/c17-13-7-5-12(6-8-13)16(22)20-19-15(21)9-4-11-2-1-3-14(18)10-11/h1-10H,(H,19,21)(H,20,22)/b9-4+. The van der Waals surface area contributed by atoms with E-state index in [1.807, 2.05) is 0 Å². The minimum Gasteiger partial charge on any atom is -0.268 e. The van der Waals surface area contributed by atoms with Gasteiger partial charge in [-0.15, -0.1) is 0 Å². The zero-order valence-corrected chi connectivity index (χ0v) is 12.9. The summed E-state index contributed by atoms with van der Waals surface area (Å²) in [7, 11) is 0. The molecule has 0 heterocycles. The molecule has 0 saturated carbocycles. The van der Waals surface area contributed by atoms with Crippen molar-refractivity contribution >= 4 is 33.8 Å². The highest BCUT2D eigenvalue weighted by molar-refractivity contribution is 9.10. The monoisotopic (exact) mass is 362 g/mol. The summed E-state index contributed by atoms with van der Waals surface area (Å²) < 4.78 is 13.8. The number of amides is 2. The Morgan fingerprint density at radius 1 is 1.05 bits per heavy atom. The Bertz CT molecular complexity index is 714. The Kier molecular flexibility index (Phi) is 5.43. The molecule has 22 heavy (non-hydrogen) atoms. The molecule has 0 radical (unpaired) electrons. The van der Waals surface area contributed by atoms with Crippen LogP contribution in [0.2, 0.25) is 0 Å². The zero-order chi connectivity index (χ0) is 15.9. The number of hydrazine groups is 1. The predicted octanol–water partition coefficient (Wildman–Crippen LogP) is 3.06. The molecule has 2 aromatic rings. The van der Waals surface area contributed by atoms with E-state index in [0.29, 0.717) is 11.1 Å². The Morgan fingerprint density at radius 2 is 1.77 bits per heavy atom. The third-order valence-corrected chi connectivity index (χ3v) is 3.21. The second-order valence-corrected chi connectivity index (χ2v) is 5.25. The Hall–Kier alpha value is -2.47. The van der Waals surface area contributed by atoms with Crippen LogP contribution in [0.15, 0.2) is 59.1 Å². The zero-order valence-electron chi connectivity index (χ0n) is 11.3. The topological polar surface area (TPSA) is 58.2 Å². The molecule has 0 aliphatic rings. The summed E-state index contributed by atoms with van der Waals surface area (Å²) in [6.45, 7) is 0. The van der Waals surface area contributed by atoms with Gasteiger partial charge in [0.25, 0.3) is 11.8 Å². The van der Waals surface area contributed by atoms with Gasteiger partial charge in [0, 0.05) is 16.1 Å². The molecule has 2 N–H and O–H groups in total. The average molecular weight is 363 g/mol. The van der Waals surface area contributed by atoms with Crippen molar-refractivity contribution < 1.29 is 14.0 Å². The van der Waals surface area contributed by atoms with Crippen molar-refractivity contribution in [2.45, 2.75) is 0 Å². The fourth-order valence-corrected chi connectivity index (χ4v) is 1.88. The van der Waals surface area contributed by atoms with Crippen LogP contribution in [0.5, 0.6) is 0 Å². The number of hydrogen-bond acceptors (Lipinski definition) is 2. The Morgan fingerprint density at radius 3 is 2.45 bits per heavy atom. The van der Waals surface area contributed by atoms with E-state index in [1.165, 1.54) is 24.3 Å². The highest BCUT2D eigenvalue weighted by Gasteiger charge is 2.05. The van der Waals surface area contributed by atoms with Crippen LogP contribution in [0, 0.1) is 5.82 Å². The molecule has 0 unspecified atom stereocenters. The maximum atomic E-state index is 13.0. The molecule has 0 aromatic heterocycles. The van der Waals surface area contributed by atoms with E-state index >= 15 is 0 Å². The van der Waals surface area contributed by atoms with E-state index < -0.39 is 11.8 Å². The number of benzene rings is 2. The largest absolute Gasteiger partial charge is 0.269 e. The van der Waals surface area contributed by atoms with Gasteiger partial charge in [0.2, 0.25) is 0 Å². The van der Waals surface area contributed by atoms with Crippen LogP contribution in [0.4, 0.5) is 4.39 Å². The molecule has 2 rings (SSSR count). The van der Waals surface area contributed by atoms with Crippen LogP contribution in [-0.4, -0.2) is 11.8 Å². The number of carbonyl (C=O) groups excluding carboxylic acids is 2. The molecular formula is C16H12BrFN2O2. The molecule has 0 fully saturated rings. The van der Waals surface area contributed by atoms with Gasteiger partial charge in [-0.2, -0.15) is 0 Å². The Balaban J connectivity index is 1.87. The van der Waals surface area contributed by atoms with E-state index in [4.69, 9.17) is 0 Å². The summed E-state index contributed by atoms with van der Waals surface area (Å²) >= 11 is 3.27. The van der Waals surface area contributed by atoms with Crippen LogP contribution in [0.1, 0.15) is 15.9 Å². The molecule has 0 atom stereocenters. The molecule has 0 spiro atoms. The van der Waals surface area contributed by atoms with Crippen molar-refractivity contribution in [2.24, 2.45) is 0 Å². The maximum Gasteiger partial charge on any atom is 0.269 e. The average Bonchev–Trinajstić information content (AvgIpc) is 2.51. The summed E-state index contributed by atoms with van der Waals surface area (Å²) in [6.07, 6.45) is 2.65. The first-order valence-electron chi connectivity index (χ1n) is 6.34. The molecule has 4 nitrogen and oxygen atoms in total. The van der Waals surface area contributed by atoms with Crippen molar-refractivity contribution in [3.63, 3.8) is 0 Å². The van der Waals surface area contributed by atoms with Gasteiger partial charge in [0.05, 0.1) is 0 Å². The van der Waals surface area contributed by atoms with Gasteiger partial charge in [0.15, 0.2) is 0 Å². The lowest BCUT2D eigenvalue weighted by Gasteiger charge is -2.05. The van der Waals surface area contributed by atoms with Crippen molar-refractivity contribution in [2.75, 3.05) is 0 Å². The van der Waals surface area contributed by atoms with Crippen LogP contribution in [0.3, 0.4) is 0 Å². The lowest BCUT2D eigenvalue weighted by atomic mass is 10.2. The number of hydrogen-bond donors (Lipinski definition) is 2. The third kappa shape index (κ3) is 4.82. The second kappa shape index (κ2) is 7.51. The fraction of sp³-hybridized carbons (Fsp3) is 0. The van der Waals surface area contributed by atoms with Crippen molar-refractivity contribution in [1.29, 1.82) is 0 Å². The van der Waals surface area contributed by atoms with Gasteiger partial charge in [-0.05, 0) is 48.0 Å². The highest BCUT2D eigenvalue weighted by atomic mass is 79.9. The smallest absolute Gasteiger partial charge is 0.268 e. The minimum absolute atomic E-state index is 0.383. The summed E-state index contributed by atoms with van der Waals surface area (Å²) in [5.74, 6) is -1.33. The lowest BCUT2D eigenvalue weighted by molar-refractivity contribution is -0.117. The first kappa shape index (κ1) is 15.9. The van der Waals surface area contributed by atoms with Crippen molar-refractivity contribution in [1.82, 2.24) is 10.9 Å². The number of carbonyl (C=O) groups is 2. The highest BCUT2D eigenvalue weighted by Crippen LogP contribution is 2.10. The molecule has 0 bridgehead atoms. The number of rotatable bonds is 3. The summed E-state index contributed by atoms with van der Waals surface area (Å²) in [4.78, 5) is 23.3. The van der Waals surface area contributed by atoms with Crippen molar-refractivity contribution in [3.05, 3.63) is 76.0 Å². The van der Waals surface area contributed by atoms with Gasteiger partial charge >= 0.3 is 0 Å². The summed E-state index contributed by atoms with van der Waals surface area (Å²) in [6, 6.07) is 12.5. The summed E-state index contributed by atoms with van der Waals surface area (Å²) in [5, 5.41) is 0. The normalized spacial score (nSPS) is 10.5. The summed E-state index contributed by atoms with van der Waals surface area (Å²) in [5.41, 5.74) is 5.50. The van der Waals surface area contributed by atoms with Crippen molar-refractivity contribution in [3.8, 4) is 0 Å². The molecule has 0 saturated heterocycles. The van der Waals surface area contributed by atoms with Gasteiger partial charge in [-0.3, -0.25) is 20.4 Å². The van der Waals surface area contributed by atoms with Gasteiger partial charge < -0.3 is 0 Å². The van der Waals surface area contributed by atoms with E-state index in [0.717, 1.165) is 4.47 Å². The minimum atomic E-state index is -0.519. The lowest BCUT2D eigenvalue weighted by Crippen LogP contribution is -2.40. The number of halogens is 2. The van der Waals surface area contributed by atoms with Crippen LogP contribution >= 0.6 is 15.9 Å². The number of nitrogens with one attached hydrogen (secondary N) is 2. The van der Waals surface area contributed by atoms with E-state index in [1.54, 1.807) is 36.4 Å². The first-order chi connectivity index (χ1) is 10.5. The van der Waals surface area contributed by atoms with E-state index in [2.05, 4.69) is 26.8 Å². The molecule has 2 amide bonds. The van der Waals surface area contributed by atoms with Gasteiger partial charge in [0.1, 0.15) is 5.82 Å². The molecule has 0 aliphatic heterocycles. The third-order valence-electron chi connectivity index (χ3n) is 2.68. The predicted molar refractivity (Wildman–Crippen MR) is 85.2 cm³/mol.